The van der Waals surface area contributed by atoms with Gasteiger partial charge in [-0.3, -0.25) is 4.79 Å². The lowest BCUT2D eigenvalue weighted by Gasteiger charge is -2.16. The molecule has 10 heteroatoms. The van der Waals surface area contributed by atoms with Gasteiger partial charge in [0.15, 0.2) is 19.7 Å². The molecule has 1 unspecified atom stereocenters. The number of carbonyl (C=O) groups is 1. The maximum absolute atomic E-state index is 13.0. The molecule has 3 aromatic rings. The van der Waals surface area contributed by atoms with Crippen LogP contribution in [0.25, 0.3) is 11.1 Å². The Bertz CT molecular complexity index is 1440. The van der Waals surface area contributed by atoms with Crippen LogP contribution in [0.3, 0.4) is 0 Å². The van der Waals surface area contributed by atoms with E-state index in [4.69, 9.17) is 23.2 Å². The fraction of sp³-hybridized carbons (Fsp3) is 0.269. The molecule has 0 amide bonds. The number of rotatable bonds is 10. The van der Waals surface area contributed by atoms with Crippen molar-refractivity contribution in [2.45, 2.75) is 36.0 Å². The SMILES string of the molecule is CCS(=O)(=O)c1ccc(-c2c(Cl)cc(CC(=O)C(CO)c3ccc(S(=O)(=O)CC)cc3)cc2Cl)cc1. The highest BCUT2D eigenvalue weighted by atomic mass is 35.5. The van der Waals surface area contributed by atoms with Crippen LogP contribution in [-0.4, -0.2) is 45.8 Å². The molecule has 0 heterocycles. The molecular weight excluding hydrogens is 543 g/mol. The second-order valence-corrected chi connectivity index (χ2v) is 13.6. The van der Waals surface area contributed by atoms with Crippen molar-refractivity contribution < 1.29 is 26.7 Å². The summed E-state index contributed by atoms with van der Waals surface area (Å²) in [5.74, 6) is -1.16. The Morgan fingerprint density at radius 2 is 1.25 bits per heavy atom. The lowest BCUT2D eigenvalue weighted by molar-refractivity contribution is -0.120. The molecule has 36 heavy (non-hydrogen) atoms. The van der Waals surface area contributed by atoms with Crippen LogP contribution in [-0.2, 0) is 30.9 Å². The van der Waals surface area contributed by atoms with E-state index in [0.29, 0.717) is 32.3 Å². The zero-order valence-corrected chi connectivity index (χ0v) is 22.9. The van der Waals surface area contributed by atoms with Gasteiger partial charge in [-0.2, -0.15) is 0 Å². The fourth-order valence-corrected chi connectivity index (χ4v) is 6.31. The fourth-order valence-electron chi connectivity index (χ4n) is 3.79. The Hall–Kier alpha value is -2.23. The van der Waals surface area contributed by atoms with Crippen molar-refractivity contribution in [1.29, 1.82) is 0 Å². The van der Waals surface area contributed by atoms with Gasteiger partial charge in [-0.05, 0) is 53.1 Å². The van der Waals surface area contributed by atoms with E-state index in [1.54, 1.807) is 38.1 Å². The molecule has 0 aliphatic heterocycles. The third-order valence-corrected chi connectivity index (χ3v) is 10.1. The molecule has 0 aliphatic carbocycles. The number of benzene rings is 3. The van der Waals surface area contributed by atoms with Crippen LogP contribution < -0.4 is 0 Å². The molecule has 0 radical (unpaired) electrons. The summed E-state index contributed by atoms with van der Waals surface area (Å²) in [6.45, 7) is 2.69. The van der Waals surface area contributed by atoms with E-state index in [1.807, 2.05) is 0 Å². The average molecular weight is 570 g/mol. The highest BCUT2D eigenvalue weighted by molar-refractivity contribution is 7.91. The molecule has 3 aromatic carbocycles. The van der Waals surface area contributed by atoms with E-state index < -0.39 is 32.2 Å². The first-order valence-corrected chi connectivity index (χ1v) is 15.3. The summed E-state index contributed by atoms with van der Waals surface area (Å²) in [4.78, 5) is 13.4. The van der Waals surface area contributed by atoms with Crippen LogP contribution in [0.2, 0.25) is 10.0 Å². The van der Waals surface area contributed by atoms with Crippen LogP contribution >= 0.6 is 23.2 Å². The summed E-state index contributed by atoms with van der Waals surface area (Å²) in [6, 6.07) is 15.4. The third kappa shape index (κ3) is 6.18. The molecule has 6 nitrogen and oxygen atoms in total. The molecular formula is C26H26Cl2O6S2. The molecule has 1 N–H and O–H groups in total. The second kappa shape index (κ2) is 11.4. The third-order valence-electron chi connectivity index (χ3n) is 5.96. The molecule has 3 rings (SSSR count). The van der Waals surface area contributed by atoms with Crippen LogP contribution in [0.15, 0.2) is 70.5 Å². The van der Waals surface area contributed by atoms with Gasteiger partial charge in [0.25, 0.3) is 0 Å². The Kier molecular flexibility index (Phi) is 9.01. The van der Waals surface area contributed by atoms with Crippen molar-refractivity contribution in [1.82, 2.24) is 0 Å². The number of aliphatic hydroxyl groups excluding tert-OH is 1. The molecule has 0 fully saturated rings. The van der Waals surface area contributed by atoms with Crippen LogP contribution in [0, 0.1) is 0 Å². The first kappa shape index (κ1) is 28.3. The van der Waals surface area contributed by atoms with Gasteiger partial charge < -0.3 is 5.11 Å². The van der Waals surface area contributed by atoms with Crippen molar-refractivity contribution in [2.75, 3.05) is 18.1 Å². The number of hydrogen-bond acceptors (Lipinski definition) is 6. The van der Waals surface area contributed by atoms with E-state index in [1.165, 1.54) is 36.4 Å². The summed E-state index contributed by atoms with van der Waals surface area (Å²) in [5, 5.41) is 10.5. The van der Waals surface area contributed by atoms with Crippen molar-refractivity contribution in [3.63, 3.8) is 0 Å². The van der Waals surface area contributed by atoms with Gasteiger partial charge in [-0.25, -0.2) is 16.8 Å². The summed E-state index contributed by atoms with van der Waals surface area (Å²) < 4.78 is 48.2. The highest BCUT2D eigenvalue weighted by Gasteiger charge is 2.22. The van der Waals surface area contributed by atoms with E-state index in [2.05, 4.69) is 0 Å². The lowest BCUT2D eigenvalue weighted by Crippen LogP contribution is -2.19. The topological polar surface area (TPSA) is 106 Å². The zero-order valence-electron chi connectivity index (χ0n) is 19.7. The molecule has 0 aromatic heterocycles. The number of sulfone groups is 2. The summed E-state index contributed by atoms with van der Waals surface area (Å²) >= 11 is 13.0. The van der Waals surface area contributed by atoms with Gasteiger partial charge in [0, 0.05) is 12.0 Å². The number of hydrogen-bond donors (Lipinski definition) is 1. The Morgan fingerprint density at radius 3 is 1.67 bits per heavy atom. The Morgan fingerprint density at radius 1 is 0.806 bits per heavy atom. The van der Waals surface area contributed by atoms with Gasteiger partial charge in [-0.15, -0.1) is 0 Å². The van der Waals surface area contributed by atoms with E-state index in [9.17, 15) is 26.7 Å². The number of Topliss-reactive ketones (excluding diaryl/α,β-unsaturated/α-hetero) is 1. The number of ketones is 1. The molecule has 1 atom stereocenters. The van der Waals surface area contributed by atoms with Gasteiger partial charge in [0.2, 0.25) is 0 Å². The first-order valence-electron chi connectivity index (χ1n) is 11.2. The molecule has 0 saturated carbocycles. The first-order chi connectivity index (χ1) is 16.9. The predicted molar refractivity (Wildman–Crippen MR) is 142 cm³/mol. The number of carbonyl (C=O) groups excluding carboxylic acids is 1. The number of aliphatic hydroxyl groups is 1. The maximum atomic E-state index is 13.0. The van der Waals surface area contributed by atoms with Crippen LogP contribution in [0.1, 0.15) is 30.9 Å². The molecule has 192 valence electrons. The number of halogens is 2. The van der Waals surface area contributed by atoms with E-state index in [0.717, 1.165) is 0 Å². The van der Waals surface area contributed by atoms with Crippen molar-refractivity contribution in [3.05, 3.63) is 81.8 Å². The van der Waals surface area contributed by atoms with E-state index in [-0.39, 0.29) is 33.5 Å². The summed E-state index contributed by atoms with van der Waals surface area (Å²) in [7, 11) is -6.71. The maximum Gasteiger partial charge on any atom is 0.178 e. The lowest BCUT2D eigenvalue weighted by atomic mass is 9.91. The molecule has 0 bridgehead atoms. The Balaban J connectivity index is 1.83. The summed E-state index contributed by atoms with van der Waals surface area (Å²) in [5.41, 5.74) is 2.20. The van der Waals surface area contributed by atoms with Crippen LogP contribution in [0.4, 0.5) is 0 Å². The Labute approximate surface area is 221 Å². The van der Waals surface area contributed by atoms with Gasteiger partial charge in [0.1, 0.15) is 5.78 Å². The normalized spacial score (nSPS) is 12.9. The quantitative estimate of drug-likeness (QED) is 0.363. The van der Waals surface area contributed by atoms with Gasteiger partial charge in [-0.1, -0.05) is 61.3 Å². The van der Waals surface area contributed by atoms with Crippen molar-refractivity contribution in [3.8, 4) is 11.1 Å². The minimum atomic E-state index is -3.37. The highest BCUT2D eigenvalue weighted by Crippen LogP contribution is 2.37. The van der Waals surface area contributed by atoms with Gasteiger partial charge in [0.05, 0.1) is 43.9 Å². The van der Waals surface area contributed by atoms with Crippen molar-refractivity contribution >= 4 is 48.7 Å². The molecule has 0 saturated heterocycles. The minimum Gasteiger partial charge on any atom is -0.395 e. The summed E-state index contributed by atoms with van der Waals surface area (Å²) in [6.07, 6.45) is -0.0480. The second-order valence-electron chi connectivity index (χ2n) is 8.21. The van der Waals surface area contributed by atoms with Gasteiger partial charge >= 0.3 is 0 Å². The van der Waals surface area contributed by atoms with E-state index >= 15 is 0 Å². The average Bonchev–Trinajstić information content (AvgIpc) is 2.84. The largest absolute Gasteiger partial charge is 0.395 e. The standard InChI is InChI=1S/C26H26Cl2O6S2/c1-3-35(31,32)20-9-5-18(6-10-20)22(16-29)25(30)15-17-13-23(27)26(24(28)14-17)19-7-11-21(12-8-19)36(33,34)4-2/h5-14,22,29H,3-4,15-16H2,1-2H3. The zero-order chi connectivity index (χ0) is 26.7. The predicted octanol–water partition coefficient (Wildman–Crippen LogP) is 5.14. The smallest absolute Gasteiger partial charge is 0.178 e. The monoisotopic (exact) mass is 568 g/mol. The minimum absolute atomic E-state index is 0.00654. The molecule has 0 spiro atoms. The molecule has 0 aliphatic rings. The van der Waals surface area contributed by atoms with Crippen LogP contribution in [0.5, 0.6) is 0 Å². The van der Waals surface area contributed by atoms with Crippen molar-refractivity contribution in [2.24, 2.45) is 0 Å².